The summed E-state index contributed by atoms with van der Waals surface area (Å²) in [6.07, 6.45) is 3.72. The summed E-state index contributed by atoms with van der Waals surface area (Å²) in [7, 11) is 0. The van der Waals surface area contributed by atoms with Gasteiger partial charge < -0.3 is 15.2 Å². The highest BCUT2D eigenvalue weighted by Crippen LogP contribution is 2.22. The summed E-state index contributed by atoms with van der Waals surface area (Å²) in [4.78, 5) is 0. The fourth-order valence-corrected chi connectivity index (χ4v) is 2.79. The van der Waals surface area contributed by atoms with Gasteiger partial charge in [0, 0.05) is 19.2 Å². The third-order valence-corrected chi connectivity index (χ3v) is 3.96. The Hall–Kier alpha value is -1.06. The molecule has 1 aliphatic heterocycles. The predicted molar refractivity (Wildman–Crippen MR) is 77.4 cm³/mol. The molecular formula is C16H25NO2. The van der Waals surface area contributed by atoms with Gasteiger partial charge in [-0.05, 0) is 49.8 Å². The fraction of sp³-hybridized carbons (Fsp3) is 0.625. The van der Waals surface area contributed by atoms with E-state index < -0.39 is 0 Å². The number of nitrogens with one attached hydrogen (secondary N) is 1. The molecule has 3 atom stereocenters. The second kappa shape index (κ2) is 6.92. The van der Waals surface area contributed by atoms with Crippen LogP contribution in [0.4, 0.5) is 0 Å². The first-order valence-electron chi connectivity index (χ1n) is 7.32. The highest BCUT2D eigenvalue weighted by Gasteiger charge is 2.26. The van der Waals surface area contributed by atoms with Crippen molar-refractivity contribution in [3.8, 4) is 5.75 Å². The minimum Gasteiger partial charge on any atom is -0.508 e. The van der Waals surface area contributed by atoms with Crippen LogP contribution in [0.5, 0.6) is 5.75 Å². The van der Waals surface area contributed by atoms with Crippen LogP contribution in [0.25, 0.3) is 0 Å². The molecule has 0 aliphatic carbocycles. The van der Waals surface area contributed by atoms with E-state index >= 15 is 0 Å². The normalized spacial score (nSPS) is 24.5. The predicted octanol–water partition coefficient (Wildman–Crippen LogP) is 2.73. The van der Waals surface area contributed by atoms with Crippen molar-refractivity contribution in [1.82, 2.24) is 5.32 Å². The van der Waals surface area contributed by atoms with E-state index in [4.69, 9.17) is 4.74 Å². The summed E-state index contributed by atoms with van der Waals surface area (Å²) in [6, 6.07) is 7.92. The molecule has 1 aromatic rings. The van der Waals surface area contributed by atoms with Crippen LogP contribution >= 0.6 is 0 Å². The molecule has 1 saturated heterocycles. The first-order chi connectivity index (χ1) is 9.19. The second-order valence-corrected chi connectivity index (χ2v) is 5.55. The molecule has 19 heavy (non-hydrogen) atoms. The summed E-state index contributed by atoms with van der Waals surface area (Å²) in [5.74, 6) is 0.991. The Balaban J connectivity index is 1.75. The van der Waals surface area contributed by atoms with Crippen molar-refractivity contribution in [3.63, 3.8) is 0 Å². The second-order valence-electron chi connectivity index (χ2n) is 5.55. The largest absolute Gasteiger partial charge is 0.508 e. The van der Waals surface area contributed by atoms with E-state index in [1.54, 1.807) is 12.1 Å². The third-order valence-electron chi connectivity index (χ3n) is 3.96. The number of benzene rings is 1. The average Bonchev–Trinajstić information content (AvgIpc) is 2.86. The maximum Gasteiger partial charge on any atom is 0.115 e. The van der Waals surface area contributed by atoms with Crippen LogP contribution in [-0.2, 0) is 11.2 Å². The molecular weight excluding hydrogens is 238 g/mol. The lowest BCUT2D eigenvalue weighted by Crippen LogP contribution is -2.35. The van der Waals surface area contributed by atoms with Gasteiger partial charge in [0.05, 0.1) is 6.10 Å². The van der Waals surface area contributed by atoms with E-state index in [1.807, 2.05) is 12.1 Å². The standard InChI is InChI=1S/C16H25NO2/c1-3-16-14(8-9-19-16)11-17-12(2)10-13-4-6-15(18)7-5-13/h4-7,12,14,16-18H,3,8-11H2,1-2H3. The first-order valence-corrected chi connectivity index (χ1v) is 7.32. The molecule has 1 fully saturated rings. The van der Waals surface area contributed by atoms with Gasteiger partial charge in [0.15, 0.2) is 0 Å². The van der Waals surface area contributed by atoms with Gasteiger partial charge in [-0.15, -0.1) is 0 Å². The van der Waals surface area contributed by atoms with Crippen molar-refractivity contribution >= 4 is 0 Å². The molecule has 0 saturated carbocycles. The summed E-state index contributed by atoms with van der Waals surface area (Å²) >= 11 is 0. The zero-order valence-electron chi connectivity index (χ0n) is 11.9. The van der Waals surface area contributed by atoms with Crippen molar-refractivity contribution in [2.75, 3.05) is 13.2 Å². The Morgan fingerprint density at radius 2 is 2.11 bits per heavy atom. The van der Waals surface area contributed by atoms with Crippen LogP contribution in [0.15, 0.2) is 24.3 Å². The van der Waals surface area contributed by atoms with Gasteiger partial charge in [-0.3, -0.25) is 0 Å². The lowest BCUT2D eigenvalue weighted by molar-refractivity contribution is 0.0867. The van der Waals surface area contributed by atoms with Crippen molar-refractivity contribution in [2.24, 2.45) is 5.92 Å². The number of phenolic OH excluding ortho intramolecular Hbond substituents is 1. The van der Waals surface area contributed by atoms with E-state index in [0.29, 0.717) is 23.8 Å². The lowest BCUT2D eigenvalue weighted by Gasteiger charge is -2.20. The van der Waals surface area contributed by atoms with Gasteiger partial charge in [0.2, 0.25) is 0 Å². The first kappa shape index (κ1) is 14.4. The van der Waals surface area contributed by atoms with Crippen LogP contribution in [0.2, 0.25) is 0 Å². The highest BCUT2D eigenvalue weighted by molar-refractivity contribution is 5.26. The number of hydrogen-bond acceptors (Lipinski definition) is 3. The van der Waals surface area contributed by atoms with Crippen molar-refractivity contribution < 1.29 is 9.84 Å². The molecule has 3 heteroatoms. The van der Waals surface area contributed by atoms with E-state index in [2.05, 4.69) is 19.2 Å². The van der Waals surface area contributed by atoms with Gasteiger partial charge in [-0.1, -0.05) is 19.1 Å². The molecule has 1 aliphatic rings. The minimum atomic E-state index is 0.332. The smallest absolute Gasteiger partial charge is 0.115 e. The topological polar surface area (TPSA) is 41.5 Å². The molecule has 0 amide bonds. The van der Waals surface area contributed by atoms with Crippen molar-refractivity contribution in [2.45, 2.75) is 45.3 Å². The van der Waals surface area contributed by atoms with Gasteiger partial charge in [0.1, 0.15) is 5.75 Å². The quantitative estimate of drug-likeness (QED) is 0.829. The molecule has 1 aromatic carbocycles. The van der Waals surface area contributed by atoms with Crippen LogP contribution in [-0.4, -0.2) is 30.4 Å². The molecule has 0 bridgehead atoms. The Bertz CT molecular complexity index is 377. The average molecular weight is 263 g/mol. The highest BCUT2D eigenvalue weighted by atomic mass is 16.5. The third kappa shape index (κ3) is 4.22. The number of ether oxygens (including phenoxy) is 1. The molecule has 0 radical (unpaired) electrons. The Morgan fingerprint density at radius 3 is 2.79 bits per heavy atom. The number of rotatable bonds is 6. The summed E-state index contributed by atoms with van der Waals surface area (Å²) in [5, 5.41) is 12.9. The van der Waals surface area contributed by atoms with E-state index in [-0.39, 0.29) is 0 Å². The maximum atomic E-state index is 9.26. The van der Waals surface area contributed by atoms with E-state index in [9.17, 15) is 5.11 Å². The summed E-state index contributed by atoms with van der Waals surface area (Å²) in [6.45, 7) is 6.36. The molecule has 3 nitrogen and oxygen atoms in total. The van der Waals surface area contributed by atoms with Gasteiger partial charge >= 0.3 is 0 Å². The van der Waals surface area contributed by atoms with Gasteiger partial charge in [-0.2, -0.15) is 0 Å². The lowest BCUT2D eigenvalue weighted by atomic mass is 9.98. The number of phenols is 1. The molecule has 1 heterocycles. The molecule has 2 N–H and O–H groups in total. The van der Waals surface area contributed by atoms with Crippen LogP contribution < -0.4 is 5.32 Å². The molecule has 2 rings (SSSR count). The SMILES string of the molecule is CCC1OCCC1CNC(C)Cc1ccc(O)cc1. The number of hydrogen-bond donors (Lipinski definition) is 2. The monoisotopic (exact) mass is 263 g/mol. The van der Waals surface area contributed by atoms with Crippen LogP contribution in [0.3, 0.4) is 0 Å². The van der Waals surface area contributed by atoms with Gasteiger partial charge in [0.25, 0.3) is 0 Å². The summed E-state index contributed by atoms with van der Waals surface area (Å²) in [5.41, 5.74) is 1.26. The Labute approximate surface area is 116 Å². The molecule has 0 aromatic heterocycles. The van der Waals surface area contributed by atoms with Crippen LogP contribution in [0, 0.1) is 5.92 Å². The number of aromatic hydroxyl groups is 1. The molecule has 3 unspecified atom stereocenters. The zero-order chi connectivity index (χ0) is 13.7. The fourth-order valence-electron chi connectivity index (χ4n) is 2.79. The van der Waals surface area contributed by atoms with Crippen molar-refractivity contribution in [3.05, 3.63) is 29.8 Å². The Kier molecular flexibility index (Phi) is 5.23. The zero-order valence-corrected chi connectivity index (χ0v) is 11.9. The van der Waals surface area contributed by atoms with E-state index in [1.165, 1.54) is 12.0 Å². The van der Waals surface area contributed by atoms with Crippen LogP contribution in [0.1, 0.15) is 32.3 Å². The Morgan fingerprint density at radius 1 is 1.37 bits per heavy atom. The molecule has 106 valence electrons. The summed E-state index contributed by atoms with van der Waals surface area (Å²) < 4.78 is 5.71. The van der Waals surface area contributed by atoms with Crippen molar-refractivity contribution in [1.29, 1.82) is 0 Å². The maximum absolute atomic E-state index is 9.26. The van der Waals surface area contributed by atoms with E-state index in [0.717, 1.165) is 26.0 Å². The van der Waals surface area contributed by atoms with Gasteiger partial charge in [-0.25, -0.2) is 0 Å². The minimum absolute atomic E-state index is 0.332. The molecule has 0 spiro atoms.